The normalized spacial score (nSPS) is 14.3. The van der Waals surface area contributed by atoms with Crippen molar-refractivity contribution in [2.24, 2.45) is 0 Å². The Morgan fingerprint density at radius 2 is 1.81 bits per heavy atom. The van der Waals surface area contributed by atoms with Crippen molar-refractivity contribution in [1.82, 2.24) is 4.90 Å². The number of carbonyl (C=O) groups is 1. The van der Waals surface area contributed by atoms with Crippen molar-refractivity contribution in [3.8, 4) is 11.5 Å². The van der Waals surface area contributed by atoms with Crippen LogP contribution >= 0.6 is 15.9 Å². The molecule has 0 radical (unpaired) electrons. The van der Waals surface area contributed by atoms with Crippen molar-refractivity contribution in [2.45, 2.75) is 6.92 Å². The van der Waals surface area contributed by atoms with Crippen molar-refractivity contribution in [3.05, 3.63) is 52.5 Å². The van der Waals surface area contributed by atoms with Gasteiger partial charge >= 0.3 is 0 Å². The molecular formula is C20H23BrN2O3. The van der Waals surface area contributed by atoms with Crippen LogP contribution in [0.25, 0.3) is 0 Å². The Balaban J connectivity index is 1.67. The average molecular weight is 419 g/mol. The van der Waals surface area contributed by atoms with E-state index in [9.17, 15) is 4.79 Å². The molecule has 0 spiro atoms. The highest BCUT2D eigenvalue weighted by Gasteiger charge is 2.24. The number of anilines is 1. The van der Waals surface area contributed by atoms with E-state index in [1.54, 1.807) is 7.11 Å². The maximum Gasteiger partial charge on any atom is 0.254 e. The molecule has 0 N–H and O–H groups in total. The van der Waals surface area contributed by atoms with Gasteiger partial charge in [-0.15, -0.1) is 0 Å². The number of hydrogen-bond donors (Lipinski definition) is 0. The van der Waals surface area contributed by atoms with E-state index in [-0.39, 0.29) is 5.91 Å². The van der Waals surface area contributed by atoms with E-state index in [4.69, 9.17) is 9.47 Å². The Morgan fingerprint density at radius 3 is 2.46 bits per heavy atom. The number of nitrogens with zero attached hydrogens (tertiary/aromatic N) is 2. The predicted molar refractivity (Wildman–Crippen MR) is 106 cm³/mol. The molecule has 3 rings (SSSR count). The van der Waals surface area contributed by atoms with Gasteiger partial charge in [-0.05, 0) is 53.2 Å². The lowest BCUT2D eigenvalue weighted by atomic mass is 10.1. The average Bonchev–Trinajstić information content (AvgIpc) is 2.68. The summed E-state index contributed by atoms with van der Waals surface area (Å²) in [5.41, 5.74) is 1.76. The van der Waals surface area contributed by atoms with Gasteiger partial charge in [0.1, 0.15) is 11.5 Å². The number of amides is 1. The zero-order valence-electron chi connectivity index (χ0n) is 15.1. The topological polar surface area (TPSA) is 42.0 Å². The third-order valence-corrected chi connectivity index (χ3v) is 5.09. The van der Waals surface area contributed by atoms with Gasteiger partial charge in [0.2, 0.25) is 0 Å². The van der Waals surface area contributed by atoms with Crippen LogP contribution in [-0.4, -0.2) is 50.7 Å². The van der Waals surface area contributed by atoms with Crippen LogP contribution in [0.1, 0.15) is 17.3 Å². The van der Waals surface area contributed by atoms with Crippen molar-refractivity contribution >= 4 is 27.5 Å². The van der Waals surface area contributed by atoms with Gasteiger partial charge in [0.15, 0.2) is 0 Å². The Kier molecular flexibility index (Phi) is 6.04. The van der Waals surface area contributed by atoms with Gasteiger partial charge in [0.25, 0.3) is 5.91 Å². The molecule has 1 aliphatic rings. The van der Waals surface area contributed by atoms with Gasteiger partial charge in [-0.25, -0.2) is 0 Å². The predicted octanol–water partition coefficient (Wildman–Crippen LogP) is 3.82. The first-order valence-electron chi connectivity index (χ1n) is 8.73. The summed E-state index contributed by atoms with van der Waals surface area (Å²) in [6, 6.07) is 13.5. The second-order valence-corrected chi connectivity index (χ2v) is 6.88. The number of methoxy groups -OCH3 is 1. The summed E-state index contributed by atoms with van der Waals surface area (Å²) in [4.78, 5) is 17.0. The summed E-state index contributed by atoms with van der Waals surface area (Å²) >= 11 is 3.44. The zero-order valence-corrected chi connectivity index (χ0v) is 16.7. The van der Waals surface area contributed by atoms with Crippen LogP contribution < -0.4 is 14.4 Å². The summed E-state index contributed by atoms with van der Waals surface area (Å²) in [7, 11) is 1.61. The Bertz CT molecular complexity index is 773. The van der Waals surface area contributed by atoms with E-state index in [1.807, 2.05) is 48.2 Å². The maximum atomic E-state index is 12.8. The lowest BCUT2D eigenvalue weighted by Gasteiger charge is -2.36. The van der Waals surface area contributed by atoms with Crippen molar-refractivity contribution in [3.63, 3.8) is 0 Å². The van der Waals surface area contributed by atoms with E-state index < -0.39 is 0 Å². The van der Waals surface area contributed by atoms with E-state index in [1.165, 1.54) is 0 Å². The summed E-state index contributed by atoms with van der Waals surface area (Å²) < 4.78 is 11.7. The molecule has 2 aromatic carbocycles. The molecule has 1 amide bonds. The van der Waals surface area contributed by atoms with Crippen LogP contribution in [0.15, 0.2) is 46.9 Å². The second kappa shape index (κ2) is 8.45. The highest BCUT2D eigenvalue weighted by atomic mass is 79.9. The molecule has 0 unspecified atom stereocenters. The van der Waals surface area contributed by atoms with Crippen LogP contribution in [-0.2, 0) is 0 Å². The maximum absolute atomic E-state index is 12.8. The quantitative estimate of drug-likeness (QED) is 0.739. The smallest absolute Gasteiger partial charge is 0.254 e. The number of carbonyl (C=O) groups excluding carboxylic acids is 1. The molecule has 1 saturated heterocycles. The fourth-order valence-electron chi connectivity index (χ4n) is 3.13. The highest BCUT2D eigenvalue weighted by molar-refractivity contribution is 9.10. The molecule has 2 aromatic rings. The lowest BCUT2D eigenvalue weighted by molar-refractivity contribution is 0.0746. The van der Waals surface area contributed by atoms with E-state index in [0.29, 0.717) is 25.3 Å². The molecule has 5 nitrogen and oxygen atoms in total. The first-order valence-corrected chi connectivity index (χ1v) is 9.53. The zero-order chi connectivity index (χ0) is 18.5. The summed E-state index contributed by atoms with van der Waals surface area (Å²) in [5.74, 6) is 1.67. The second-order valence-electron chi connectivity index (χ2n) is 6.03. The third kappa shape index (κ3) is 3.96. The van der Waals surface area contributed by atoms with Crippen molar-refractivity contribution in [1.29, 1.82) is 0 Å². The fraction of sp³-hybridized carbons (Fsp3) is 0.350. The number of para-hydroxylation sites is 2. The van der Waals surface area contributed by atoms with Crippen LogP contribution in [0.3, 0.4) is 0 Å². The molecule has 1 heterocycles. The number of hydrogen-bond acceptors (Lipinski definition) is 4. The molecule has 6 heteroatoms. The number of piperazine rings is 1. The van der Waals surface area contributed by atoms with Crippen LogP contribution in [0, 0.1) is 0 Å². The van der Waals surface area contributed by atoms with Gasteiger partial charge in [-0.2, -0.15) is 0 Å². The lowest BCUT2D eigenvalue weighted by Crippen LogP contribution is -2.48. The first-order chi connectivity index (χ1) is 12.6. The standard InChI is InChI=1S/C20H23BrN2O3/c1-3-26-19-7-5-4-6-17(19)22-10-12-23(13-11-22)20(24)15-8-9-18(25-2)16(21)14-15/h4-9,14H,3,10-13H2,1-2H3. The molecule has 1 fully saturated rings. The minimum atomic E-state index is 0.0473. The van der Waals surface area contributed by atoms with Gasteiger partial charge in [0.05, 0.1) is 23.9 Å². The van der Waals surface area contributed by atoms with E-state index in [0.717, 1.165) is 34.7 Å². The SMILES string of the molecule is CCOc1ccccc1N1CCN(C(=O)c2ccc(OC)c(Br)c2)CC1. The van der Waals surface area contributed by atoms with Gasteiger partial charge in [0, 0.05) is 31.7 Å². The Labute approximate surface area is 162 Å². The molecule has 0 aliphatic carbocycles. The monoisotopic (exact) mass is 418 g/mol. The van der Waals surface area contributed by atoms with E-state index >= 15 is 0 Å². The summed E-state index contributed by atoms with van der Waals surface area (Å²) in [6.45, 7) is 5.56. The number of rotatable bonds is 5. The molecule has 26 heavy (non-hydrogen) atoms. The minimum Gasteiger partial charge on any atom is -0.496 e. The number of benzene rings is 2. The molecular weight excluding hydrogens is 396 g/mol. The van der Waals surface area contributed by atoms with Crippen LogP contribution in [0.2, 0.25) is 0 Å². The third-order valence-electron chi connectivity index (χ3n) is 4.47. The van der Waals surface area contributed by atoms with Crippen LogP contribution in [0.5, 0.6) is 11.5 Å². The first kappa shape index (κ1) is 18.6. The van der Waals surface area contributed by atoms with Crippen LogP contribution in [0.4, 0.5) is 5.69 Å². The Morgan fingerprint density at radius 1 is 1.08 bits per heavy atom. The molecule has 0 atom stereocenters. The summed E-state index contributed by atoms with van der Waals surface area (Å²) in [5, 5.41) is 0. The fourth-order valence-corrected chi connectivity index (χ4v) is 3.67. The van der Waals surface area contributed by atoms with E-state index in [2.05, 4.69) is 26.9 Å². The molecule has 0 saturated carbocycles. The van der Waals surface area contributed by atoms with Gasteiger partial charge in [-0.3, -0.25) is 4.79 Å². The van der Waals surface area contributed by atoms with Gasteiger partial charge in [-0.1, -0.05) is 12.1 Å². The highest BCUT2D eigenvalue weighted by Crippen LogP contribution is 2.29. The van der Waals surface area contributed by atoms with Crippen molar-refractivity contribution in [2.75, 3.05) is 44.8 Å². The molecule has 0 aromatic heterocycles. The van der Waals surface area contributed by atoms with Crippen molar-refractivity contribution < 1.29 is 14.3 Å². The summed E-state index contributed by atoms with van der Waals surface area (Å²) in [6.07, 6.45) is 0. The van der Waals surface area contributed by atoms with Gasteiger partial charge < -0.3 is 19.3 Å². The number of halogens is 1. The molecule has 138 valence electrons. The minimum absolute atomic E-state index is 0.0473. The Hall–Kier alpha value is -2.21. The molecule has 1 aliphatic heterocycles. The largest absolute Gasteiger partial charge is 0.496 e. The number of ether oxygens (including phenoxy) is 2. The molecule has 0 bridgehead atoms.